The Hall–Kier alpha value is -3.09. The predicted octanol–water partition coefficient (Wildman–Crippen LogP) is 5.94. The smallest absolute Gasteiger partial charge is 0.234 e. The van der Waals surface area contributed by atoms with E-state index in [0.717, 1.165) is 22.5 Å². The summed E-state index contributed by atoms with van der Waals surface area (Å²) < 4.78 is 1.95. The van der Waals surface area contributed by atoms with Gasteiger partial charge in [0.05, 0.1) is 5.75 Å². The SMILES string of the molecule is Cc1ccc(-c2nnc(SCC(=O)Nc3ccccc3C)n2-c2ccc(Cl)cc2)cc1. The molecule has 0 spiro atoms. The number of amides is 1. The van der Waals surface area contributed by atoms with Crippen molar-refractivity contribution in [3.05, 3.63) is 88.9 Å². The zero-order valence-electron chi connectivity index (χ0n) is 17.2. The summed E-state index contributed by atoms with van der Waals surface area (Å²) in [7, 11) is 0. The van der Waals surface area contributed by atoms with E-state index in [4.69, 9.17) is 11.6 Å². The lowest BCUT2D eigenvalue weighted by Crippen LogP contribution is -2.15. The van der Waals surface area contributed by atoms with Gasteiger partial charge in [-0.05, 0) is 49.7 Å². The number of hydrogen-bond donors (Lipinski definition) is 1. The highest BCUT2D eigenvalue weighted by Crippen LogP contribution is 2.29. The van der Waals surface area contributed by atoms with Crippen molar-refractivity contribution in [2.24, 2.45) is 0 Å². The molecule has 4 aromatic rings. The molecule has 0 radical (unpaired) electrons. The number of carbonyl (C=O) groups is 1. The molecule has 7 heteroatoms. The van der Waals surface area contributed by atoms with Gasteiger partial charge >= 0.3 is 0 Å². The second-order valence-corrected chi connectivity index (χ2v) is 8.51. The van der Waals surface area contributed by atoms with Crippen LogP contribution in [0.25, 0.3) is 17.1 Å². The van der Waals surface area contributed by atoms with Crippen LogP contribution < -0.4 is 5.32 Å². The molecule has 5 nitrogen and oxygen atoms in total. The molecule has 1 aromatic heterocycles. The topological polar surface area (TPSA) is 59.8 Å². The Labute approximate surface area is 190 Å². The number of rotatable bonds is 6. The first-order valence-electron chi connectivity index (χ1n) is 9.78. The molecule has 1 N–H and O–H groups in total. The lowest BCUT2D eigenvalue weighted by Gasteiger charge is -2.11. The Morgan fingerprint density at radius 2 is 1.68 bits per heavy atom. The van der Waals surface area contributed by atoms with Crippen molar-refractivity contribution >= 4 is 35.0 Å². The van der Waals surface area contributed by atoms with Gasteiger partial charge in [-0.15, -0.1) is 10.2 Å². The Morgan fingerprint density at radius 3 is 2.39 bits per heavy atom. The molecule has 0 atom stereocenters. The highest BCUT2D eigenvalue weighted by atomic mass is 35.5. The van der Waals surface area contributed by atoms with E-state index in [-0.39, 0.29) is 11.7 Å². The summed E-state index contributed by atoms with van der Waals surface area (Å²) in [5.41, 5.74) is 4.83. The average Bonchev–Trinajstić information content (AvgIpc) is 3.19. The van der Waals surface area contributed by atoms with Crippen LogP contribution in [0, 0.1) is 13.8 Å². The quantitative estimate of drug-likeness (QED) is 0.371. The summed E-state index contributed by atoms with van der Waals surface area (Å²) in [4.78, 5) is 12.5. The molecule has 4 rings (SSSR count). The summed E-state index contributed by atoms with van der Waals surface area (Å²) in [6.07, 6.45) is 0. The number of hydrogen-bond acceptors (Lipinski definition) is 4. The molecule has 31 heavy (non-hydrogen) atoms. The number of thioether (sulfide) groups is 1. The third-order valence-electron chi connectivity index (χ3n) is 4.78. The van der Waals surface area contributed by atoms with Crippen molar-refractivity contribution in [2.75, 3.05) is 11.1 Å². The summed E-state index contributed by atoms with van der Waals surface area (Å²) in [5.74, 6) is 0.833. The van der Waals surface area contributed by atoms with Gasteiger partial charge in [-0.1, -0.05) is 71.4 Å². The molecule has 0 aliphatic heterocycles. The van der Waals surface area contributed by atoms with Crippen molar-refractivity contribution in [1.82, 2.24) is 14.8 Å². The molecule has 1 heterocycles. The van der Waals surface area contributed by atoms with Crippen LogP contribution in [-0.4, -0.2) is 26.4 Å². The molecular weight excluding hydrogens is 428 g/mol. The zero-order chi connectivity index (χ0) is 21.8. The average molecular weight is 449 g/mol. The number of aryl methyl sites for hydroxylation is 2. The minimum atomic E-state index is -0.0955. The van der Waals surface area contributed by atoms with E-state index in [9.17, 15) is 4.79 Å². The molecule has 1 amide bonds. The molecule has 0 unspecified atom stereocenters. The van der Waals surface area contributed by atoms with Gasteiger partial charge in [0.15, 0.2) is 11.0 Å². The lowest BCUT2D eigenvalue weighted by molar-refractivity contribution is -0.113. The van der Waals surface area contributed by atoms with E-state index in [1.54, 1.807) is 0 Å². The van der Waals surface area contributed by atoms with Gasteiger partial charge in [0.25, 0.3) is 0 Å². The molecule has 0 aliphatic carbocycles. The van der Waals surface area contributed by atoms with Crippen molar-refractivity contribution in [1.29, 1.82) is 0 Å². The standard InChI is InChI=1S/C24H21ClN4OS/c1-16-7-9-18(10-8-16)23-27-28-24(29(23)20-13-11-19(25)12-14-20)31-15-22(30)26-21-6-4-3-5-17(21)2/h3-14H,15H2,1-2H3,(H,26,30). The minimum Gasteiger partial charge on any atom is -0.325 e. The number of para-hydroxylation sites is 1. The van der Waals surface area contributed by atoms with Gasteiger partial charge in [0.2, 0.25) is 5.91 Å². The van der Waals surface area contributed by atoms with Crippen LogP contribution in [0.1, 0.15) is 11.1 Å². The summed E-state index contributed by atoms with van der Waals surface area (Å²) in [6, 6.07) is 23.3. The Kier molecular flexibility index (Phi) is 6.39. The Balaban J connectivity index is 1.61. The molecule has 0 aliphatic rings. The zero-order valence-corrected chi connectivity index (χ0v) is 18.7. The van der Waals surface area contributed by atoms with Crippen LogP contribution in [0.2, 0.25) is 5.02 Å². The highest BCUT2D eigenvalue weighted by Gasteiger charge is 2.17. The fourth-order valence-electron chi connectivity index (χ4n) is 3.11. The maximum atomic E-state index is 12.5. The summed E-state index contributed by atoms with van der Waals surface area (Å²) in [6.45, 7) is 4.01. The van der Waals surface area contributed by atoms with Crippen LogP contribution in [0.4, 0.5) is 5.69 Å². The third kappa shape index (κ3) is 4.98. The van der Waals surface area contributed by atoms with Gasteiger partial charge in [-0.25, -0.2) is 0 Å². The van der Waals surface area contributed by atoms with E-state index in [1.807, 2.05) is 91.2 Å². The van der Waals surface area contributed by atoms with Crippen LogP contribution >= 0.6 is 23.4 Å². The molecule has 156 valence electrons. The second kappa shape index (κ2) is 9.37. The maximum absolute atomic E-state index is 12.5. The summed E-state index contributed by atoms with van der Waals surface area (Å²) >= 11 is 7.42. The fraction of sp³-hybridized carbons (Fsp3) is 0.125. The van der Waals surface area contributed by atoms with E-state index >= 15 is 0 Å². The molecule has 0 bridgehead atoms. The minimum absolute atomic E-state index is 0.0955. The first-order valence-corrected chi connectivity index (χ1v) is 11.1. The van der Waals surface area contributed by atoms with Gasteiger partial charge in [0.1, 0.15) is 0 Å². The third-order valence-corrected chi connectivity index (χ3v) is 5.96. The van der Waals surface area contributed by atoms with Crippen molar-refractivity contribution < 1.29 is 4.79 Å². The van der Waals surface area contributed by atoms with Crippen molar-refractivity contribution in [2.45, 2.75) is 19.0 Å². The first kappa shape index (κ1) is 21.2. The van der Waals surface area contributed by atoms with E-state index < -0.39 is 0 Å². The van der Waals surface area contributed by atoms with Gasteiger partial charge in [0, 0.05) is 22.0 Å². The number of halogens is 1. The normalized spacial score (nSPS) is 10.8. The Morgan fingerprint density at radius 1 is 0.968 bits per heavy atom. The molecule has 0 saturated carbocycles. The molecule has 0 saturated heterocycles. The van der Waals surface area contributed by atoms with Crippen LogP contribution in [0.5, 0.6) is 0 Å². The molecule has 0 fully saturated rings. The van der Waals surface area contributed by atoms with Crippen LogP contribution in [0.3, 0.4) is 0 Å². The van der Waals surface area contributed by atoms with E-state index in [2.05, 4.69) is 15.5 Å². The van der Waals surface area contributed by atoms with Crippen LogP contribution in [0.15, 0.2) is 78.0 Å². The number of carbonyl (C=O) groups excluding carboxylic acids is 1. The Bertz CT molecular complexity index is 1200. The van der Waals surface area contributed by atoms with Gasteiger partial charge in [-0.2, -0.15) is 0 Å². The second-order valence-electron chi connectivity index (χ2n) is 7.14. The number of benzene rings is 3. The van der Waals surface area contributed by atoms with Gasteiger partial charge < -0.3 is 5.32 Å². The summed E-state index contributed by atoms with van der Waals surface area (Å²) in [5, 5.41) is 13.0. The largest absolute Gasteiger partial charge is 0.325 e. The number of aromatic nitrogens is 3. The monoisotopic (exact) mass is 448 g/mol. The highest BCUT2D eigenvalue weighted by molar-refractivity contribution is 7.99. The molecular formula is C24H21ClN4OS. The van der Waals surface area contributed by atoms with Gasteiger partial charge in [-0.3, -0.25) is 9.36 Å². The maximum Gasteiger partial charge on any atom is 0.234 e. The van der Waals surface area contributed by atoms with E-state index in [1.165, 1.54) is 17.3 Å². The van der Waals surface area contributed by atoms with Crippen LogP contribution in [-0.2, 0) is 4.79 Å². The number of anilines is 1. The number of nitrogens with one attached hydrogen (secondary N) is 1. The molecule has 3 aromatic carbocycles. The predicted molar refractivity (Wildman–Crippen MR) is 127 cm³/mol. The first-order chi connectivity index (χ1) is 15.0. The lowest BCUT2D eigenvalue weighted by atomic mass is 10.1. The fourth-order valence-corrected chi connectivity index (χ4v) is 3.98. The van der Waals surface area contributed by atoms with Crippen molar-refractivity contribution in [3.63, 3.8) is 0 Å². The van der Waals surface area contributed by atoms with E-state index in [0.29, 0.717) is 16.0 Å². The number of nitrogens with zero attached hydrogens (tertiary/aromatic N) is 3. The van der Waals surface area contributed by atoms with Crippen molar-refractivity contribution in [3.8, 4) is 17.1 Å².